The standard InChI is InChI=1S/C21H28FN5O.C5H10O.C2H6/c1-15(18-7-5-6-8-19(18)28-4)24-20-16(2)23-17(3)25-21(20)27-13-11-26(10-9-22)12-14-27;1-5-2-3-6-4-5;1-2/h5-8H,9-14H2,1-4H3;5H,2-4H2,1H3;1-2H3. The van der Waals surface area contributed by atoms with E-state index < -0.39 is 0 Å². The van der Waals surface area contributed by atoms with Crippen LogP contribution in [0.15, 0.2) is 29.3 Å². The molecule has 8 heteroatoms. The van der Waals surface area contributed by atoms with Gasteiger partial charge in [0.15, 0.2) is 5.82 Å². The van der Waals surface area contributed by atoms with Crippen LogP contribution in [-0.4, -0.2) is 80.3 Å². The van der Waals surface area contributed by atoms with E-state index in [-0.39, 0.29) is 6.67 Å². The van der Waals surface area contributed by atoms with Crippen LogP contribution >= 0.6 is 0 Å². The number of halogens is 1. The minimum atomic E-state index is -0.306. The largest absolute Gasteiger partial charge is 0.496 e. The predicted octanol–water partition coefficient (Wildman–Crippen LogP) is 5.40. The second-order valence-electron chi connectivity index (χ2n) is 8.91. The number of piperazine rings is 1. The molecule has 1 unspecified atom stereocenters. The summed E-state index contributed by atoms with van der Waals surface area (Å²) in [5.41, 5.74) is 3.44. The van der Waals surface area contributed by atoms with Gasteiger partial charge >= 0.3 is 0 Å². The number of benzene rings is 1. The Hall–Kier alpha value is -2.58. The number of hydrogen-bond acceptors (Lipinski definition) is 7. The number of nitrogens with zero attached hydrogens (tertiary/aromatic N) is 5. The van der Waals surface area contributed by atoms with Crippen molar-refractivity contribution >= 4 is 17.2 Å². The molecule has 1 atom stereocenters. The van der Waals surface area contributed by atoms with Gasteiger partial charge < -0.3 is 14.4 Å². The first-order valence-corrected chi connectivity index (χ1v) is 13.1. The van der Waals surface area contributed by atoms with Crippen molar-refractivity contribution in [3.63, 3.8) is 0 Å². The fraction of sp³-hybridized carbons (Fsp3) is 0.607. The van der Waals surface area contributed by atoms with Gasteiger partial charge in [0.2, 0.25) is 0 Å². The molecule has 0 radical (unpaired) electrons. The number of anilines is 1. The third-order valence-electron chi connectivity index (χ3n) is 6.16. The smallest absolute Gasteiger partial charge is 0.158 e. The van der Waals surface area contributed by atoms with E-state index in [9.17, 15) is 4.39 Å². The highest BCUT2D eigenvalue weighted by atomic mass is 19.1. The van der Waals surface area contributed by atoms with Gasteiger partial charge in [0, 0.05) is 57.2 Å². The maximum atomic E-state index is 12.6. The van der Waals surface area contributed by atoms with Crippen LogP contribution in [0.4, 0.5) is 15.9 Å². The van der Waals surface area contributed by atoms with Gasteiger partial charge in [0.25, 0.3) is 0 Å². The molecule has 0 saturated carbocycles. The van der Waals surface area contributed by atoms with Crippen molar-refractivity contribution < 1.29 is 13.9 Å². The molecule has 1 aromatic heterocycles. The molecule has 0 spiro atoms. The summed E-state index contributed by atoms with van der Waals surface area (Å²) in [6.07, 6.45) is 1.26. The number of hydrogen-bond donors (Lipinski definition) is 0. The first-order chi connectivity index (χ1) is 17.4. The lowest BCUT2D eigenvalue weighted by atomic mass is 10.1. The molecule has 3 heterocycles. The maximum Gasteiger partial charge on any atom is 0.158 e. The van der Waals surface area contributed by atoms with Crippen LogP contribution in [-0.2, 0) is 4.74 Å². The number of aromatic nitrogens is 2. The molecule has 2 fully saturated rings. The number of para-hydroxylation sites is 1. The van der Waals surface area contributed by atoms with Gasteiger partial charge in [0.1, 0.15) is 23.9 Å². The third-order valence-corrected chi connectivity index (χ3v) is 6.16. The number of aliphatic imine (C=N–C) groups is 1. The second kappa shape index (κ2) is 15.5. The van der Waals surface area contributed by atoms with E-state index in [1.165, 1.54) is 6.42 Å². The van der Waals surface area contributed by atoms with E-state index in [0.717, 1.165) is 85.4 Å². The van der Waals surface area contributed by atoms with Crippen LogP contribution < -0.4 is 9.64 Å². The number of ether oxygens (including phenoxy) is 2. The molecule has 4 rings (SSSR count). The zero-order valence-corrected chi connectivity index (χ0v) is 23.2. The van der Waals surface area contributed by atoms with Crippen molar-refractivity contribution in [2.45, 2.75) is 48.0 Å². The Bertz CT molecular complexity index is 955. The van der Waals surface area contributed by atoms with Gasteiger partial charge in [-0.25, -0.2) is 19.4 Å². The Kier molecular flexibility index (Phi) is 12.8. The summed E-state index contributed by atoms with van der Waals surface area (Å²) in [6.45, 7) is 17.4. The van der Waals surface area contributed by atoms with Gasteiger partial charge in [-0.1, -0.05) is 32.9 Å². The van der Waals surface area contributed by atoms with E-state index in [1.54, 1.807) is 7.11 Å². The monoisotopic (exact) mass is 501 g/mol. The summed E-state index contributed by atoms with van der Waals surface area (Å²) >= 11 is 0. The molecule has 0 amide bonds. The van der Waals surface area contributed by atoms with Gasteiger partial charge in [-0.15, -0.1) is 0 Å². The van der Waals surface area contributed by atoms with Crippen LogP contribution in [0, 0.1) is 19.8 Å². The zero-order chi connectivity index (χ0) is 26.5. The lowest BCUT2D eigenvalue weighted by Gasteiger charge is -2.35. The Morgan fingerprint density at radius 1 is 1.14 bits per heavy atom. The van der Waals surface area contributed by atoms with Crippen LogP contribution in [0.1, 0.15) is 51.2 Å². The number of aryl methyl sites for hydroxylation is 2. The average Bonchev–Trinajstić information content (AvgIpc) is 3.38. The van der Waals surface area contributed by atoms with Crippen molar-refractivity contribution in [1.82, 2.24) is 14.9 Å². The summed E-state index contributed by atoms with van der Waals surface area (Å²) in [6, 6.07) is 7.84. The van der Waals surface area contributed by atoms with Crippen molar-refractivity contribution in [2.75, 3.05) is 64.6 Å². The third kappa shape index (κ3) is 8.52. The minimum absolute atomic E-state index is 0.306. The summed E-state index contributed by atoms with van der Waals surface area (Å²) in [7, 11) is 1.66. The van der Waals surface area contributed by atoms with Crippen LogP contribution in [0.5, 0.6) is 5.75 Å². The van der Waals surface area contributed by atoms with Crippen LogP contribution in [0.2, 0.25) is 0 Å². The Labute approximate surface area is 216 Å². The lowest BCUT2D eigenvalue weighted by molar-refractivity contribution is 0.188. The molecule has 2 aliphatic rings. The van der Waals surface area contributed by atoms with Crippen molar-refractivity contribution in [3.8, 4) is 5.75 Å². The number of alkyl halides is 1. The lowest BCUT2D eigenvalue weighted by Crippen LogP contribution is -2.47. The van der Waals surface area contributed by atoms with Gasteiger partial charge in [-0.05, 0) is 45.2 Å². The fourth-order valence-corrected chi connectivity index (χ4v) is 4.17. The Morgan fingerprint density at radius 2 is 1.83 bits per heavy atom. The molecular weight excluding hydrogens is 457 g/mol. The van der Waals surface area contributed by atoms with E-state index >= 15 is 0 Å². The predicted molar refractivity (Wildman–Crippen MR) is 147 cm³/mol. The van der Waals surface area contributed by atoms with Crippen molar-refractivity contribution in [1.29, 1.82) is 0 Å². The molecule has 0 aliphatic carbocycles. The van der Waals surface area contributed by atoms with Gasteiger partial charge in [-0.2, -0.15) is 0 Å². The van der Waals surface area contributed by atoms with Crippen molar-refractivity contribution in [2.24, 2.45) is 10.9 Å². The molecule has 200 valence electrons. The molecule has 2 aliphatic heterocycles. The highest BCUT2D eigenvalue weighted by molar-refractivity contribution is 6.03. The summed E-state index contributed by atoms with van der Waals surface area (Å²) in [5.74, 6) is 3.19. The van der Waals surface area contributed by atoms with E-state index in [2.05, 4.69) is 21.7 Å². The first kappa shape index (κ1) is 29.6. The highest BCUT2D eigenvalue weighted by Crippen LogP contribution is 2.32. The normalized spacial score (nSPS) is 18.2. The molecule has 2 aromatic rings. The van der Waals surface area contributed by atoms with Gasteiger partial charge in [0.05, 0.1) is 12.8 Å². The molecule has 1 aromatic carbocycles. The second-order valence-corrected chi connectivity index (χ2v) is 8.91. The molecule has 0 bridgehead atoms. The van der Waals surface area contributed by atoms with Crippen LogP contribution in [0.3, 0.4) is 0 Å². The average molecular weight is 502 g/mol. The summed E-state index contributed by atoms with van der Waals surface area (Å²) < 4.78 is 23.2. The Morgan fingerprint density at radius 3 is 2.39 bits per heavy atom. The van der Waals surface area contributed by atoms with Gasteiger partial charge in [-0.3, -0.25) is 4.90 Å². The summed E-state index contributed by atoms with van der Waals surface area (Å²) in [5, 5.41) is 0. The summed E-state index contributed by atoms with van der Waals surface area (Å²) in [4.78, 5) is 18.5. The van der Waals surface area contributed by atoms with Crippen LogP contribution in [0.25, 0.3) is 0 Å². The Balaban J connectivity index is 0.000000491. The minimum Gasteiger partial charge on any atom is -0.496 e. The highest BCUT2D eigenvalue weighted by Gasteiger charge is 2.22. The number of rotatable bonds is 6. The molecular formula is C28H44FN5O2. The molecule has 0 N–H and O–H groups in total. The quantitative estimate of drug-likeness (QED) is 0.494. The van der Waals surface area contributed by atoms with E-state index in [0.29, 0.717) is 6.54 Å². The fourth-order valence-electron chi connectivity index (χ4n) is 4.17. The number of methoxy groups -OCH3 is 1. The topological polar surface area (TPSA) is 63.1 Å². The van der Waals surface area contributed by atoms with Crippen molar-refractivity contribution in [3.05, 3.63) is 41.3 Å². The van der Waals surface area contributed by atoms with E-state index in [4.69, 9.17) is 19.5 Å². The first-order valence-electron chi connectivity index (χ1n) is 13.1. The molecule has 7 nitrogen and oxygen atoms in total. The maximum absolute atomic E-state index is 12.6. The van der Waals surface area contributed by atoms with E-state index in [1.807, 2.05) is 58.9 Å². The zero-order valence-electron chi connectivity index (χ0n) is 23.2. The molecule has 2 saturated heterocycles. The SMILES string of the molecule is CC.CC1CCOC1.COc1ccccc1C(C)=Nc1c(C)nc(C)nc1N1CCN(CCF)CC1. The molecule has 36 heavy (non-hydrogen) atoms.